The molecule has 1 aliphatic rings. The Labute approximate surface area is 158 Å². The summed E-state index contributed by atoms with van der Waals surface area (Å²) in [7, 11) is 0. The molecule has 3 aromatic rings. The van der Waals surface area contributed by atoms with Gasteiger partial charge < -0.3 is 9.64 Å². The molecule has 1 aliphatic heterocycles. The molecule has 0 saturated carbocycles. The molecule has 3 heterocycles. The van der Waals surface area contributed by atoms with Crippen molar-refractivity contribution in [1.29, 1.82) is 0 Å². The van der Waals surface area contributed by atoms with Crippen molar-refractivity contribution in [2.45, 2.75) is 26.8 Å². The van der Waals surface area contributed by atoms with Gasteiger partial charge in [-0.3, -0.25) is 9.78 Å². The SMILES string of the molecule is CCOC(=O)N1CCc2c(sc3[nH]c(=O)n(-c4ccc(C)cc4)c(=O)c23)C1. The van der Waals surface area contributed by atoms with Crippen molar-refractivity contribution in [3.8, 4) is 5.69 Å². The van der Waals surface area contributed by atoms with Gasteiger partial charge in [0.05, 0.1) is 24.2 Å². The fraction of sp³-hybridized carbons (Fsp3) is 0.316. The molecule has 1 aromatic carbocycles. The zero-order valence-corrected chi connectivity index (χ0v) is 15.9. The van der Waals surface area contributed by atoms with Gasteiger partial charge in [-0.05, 0) is 38.0 Å². The molecule has 8 heteroatoms. The Hall–Kier alpha value is -2.87. The molecule has 140 valence electrons. The molecule has 0 unspecified atom stereocenters. The Bertz CT molecular complexity index is 1140. The molecule has 0 atom stereocenters. The van der Waals surface area contributed by atoms with E-state index in [1.54, 1.807) is 24.0 Å². The van der Waals surface area contributed by atoms with Crippen LogP contribution in [0.4, 0.5) is 4.79 Å². The Kier molecular flexibility index (Phi) is 4.35. The van der Waals surface area contributed by atoms with Gasteiger partial charge in [0.1, 0.15) is 4.83 Å². The van der Waals surface area contributed by atoms with E-state index in [-0.39, 0.29) is 11.7 Å². The van der Waals surface area contributed by atoms with E-state index in [2.05, 4.69) is 4.98 Å². The molecule has 7 nitrogen and oxygen atoms in total. The summed E-state index contributed by atoms with van der Waals surface area (Å²) in [6, 6.07) is 7.26. The van der Waals surface area contributed by atoms with Gasteiger partial charge in [-0.1, -0.05) is 17.7 Å². The fourth-order valence-corrected chi connectivity index (χ4v) is 4.62. The van der Waals surface area contributed by atoms with Crippen LogP contribution in [0.15, 0.2) is 33.9 Å². The Morgan fingerprint density at radius 3 is 2.70 bits per heavy atom. The third kappa shape index (κ3) is 2.95. The third-order valence-electron chi connectivity index (χ3n) is 4.72. The first-order valence-corrected chi connectivity index (χ1v) is 9.59. The monoisotopic (exact) mass is 385 g/mol. The van der Waals surface area contributed by atoms with E-state index in [4.69, 9.17) is 4.74 Å². The van der Waals surface area contributed by atoms with Gasteiger partial charge in [0.2, 0.25) is 0 Å². The Morgan fingerprint density at radius 1 is 1.26 bits per heavy atom. The third-order valence-corrected chi connectivity index (χ3v) is 5.85. The van der Waals surface area contributed by atoms with Gasteiger partial charge >= 0.3 is 11.8 Å². The zero-order valence-electron chi connectivity index (χ0n) is 15.1. The number of thiophene rings is 1. The van der Waals surface area contributed by atoms with E-state index in [0.717, 1.165) is 16.0 Å². The molecular formula is C19H19N3O4S. The largest absolute Gasteiger partial charge is 0.450 e. The molecule has 1 amide bonds. The summed E-state index contributed by atoms with van der Waals surface area (Å²) in [5.74, 6) is 0. The van der Waals surface area contributed by atoms with Crippen molar-refractivity contribution in [3.63, 3.8) is 0 Å². The highest BCUT2D eigenvalue weighted by Gasteiger charge is 2.27. The summed E-state index contributed by atoms with van der Waals surface area (Å²) in [4.78, 5) is 43.6. The number of hydrogen-bond acceptors (Lipinski definition) is 5. The van der Waals surface area contributed by atoms with Gasteiger partial charge in [0, 0.05) is 11.4 Å². The van der Waals surface area contributed by atoms with Crippen LogP contribution in [0, 0.1) is 6.92 Å². The molecule has 2 aromatic heterocycles. The minimum absolute atomic E-state index is 0.320. The summed E-state index contributed by atoms with van der Waals surface area (Å²) < 4.78 is 6.24. The second kappa shape index (κ2) is 6.70. The van der Waals surface area contributed by atoms with Crippen molar-refractivity contribution in [2.24, 2.45) is 0 Å². The van der Waals surface area contributed by atoms with E-state index in [1.807, 2.05) is 19.1 Å². The molecule has 0 aliphatic carbocycles. The topological polar surface area (TPSA) is 84.4 Å². The van der Waals surface area contributed by atoms with Gasteiger partial charge in [-0.2, -0.15) is 0 Å². The minimum Gasteiger partial charge on any atom is -0.450 e. The second-order valence-electron chi connectivity index (χ2n) is 6.48. The fourth-order valence-electron chi connectivity index (χ4n) is 3.37. The number of aromatic nitrogens is 2. The first-order valence-electron chi connectivity index (χ1n) is 8.78. The number of ether oxygens (including phenoxy) is 1. The molecular weight excluding hydrogens is 366 g/mol. The number of benzene rings is 1. The van der Waals surface area contributed by atoms with E-state index < -0.39 is 5.69 Å². The smallest absolute Gasteiger partial charge is 0.410 e. The van der Waals surface area contributed by atoms with Crippen LogP contribution in [0.5, 0.6) is 0 Å². The molecule has 0 bridgehead atoms. The lowest BCUT2D eigenvalue weighted by Crippen LogP contribution is -2.36. The zero-order chi connectivity index (χ0) is 19.1. The van der Waals surface area contributed by atoms with Crippen LogP contribution in [0.2, 0.25) is 0 Å². The first kappa shape index (κ1) is 17.5. The molecule has 0 spiro atoms. The van der Waals surface area contributed by atoms with Crippen LogP contribution in [0.3, 0.4) is 0 Å². The maximum Gasteiger partial charge on any atom is 0.410 e. The highest BCUT2D eigenvalue weighted by molar-refractivity contribution is 7.18. The number of carbonyl (C=O) groups is 1. The van der Waals surface area contributed by atoms with Gasteiger partial charge in [0.25, 0.3) is 5.56 Å². The van der Waals surface area contributed by atoms with Crippen LogP contribution >= 0.6 is 11.3 Å². The van der Waals surface area contributed by atoms with Crippen LogP contribution in [0.25, 0.3) is 15.9 Å². The van der Waals surface area contributed by atoms with Gasteiger partial charge in [-0.15, -0.1) is 11.3 Å². The van der Waals surface area contributed by atoms with Crippen molar-refractivity contribution >= 4 is 27.6 Å². The summed E-state index contributed by atoms with van der Waals surface area (Å²) in [6.45, 7) is 4.92. The first-order chi connectivity index (χ1) is 13.0. The van der Waals surface area contributed by atoms with E-state index >= 15 is 0 Å². The number of hydrogen-bond donors (Lipinski definition) is 1. The number of amides is 1. The lowest BCUT2D eigenvalue weighted by molar-refractivity contribution is 0.103. The number of rotatable bonds is 2. The Morgan fingerprint density at radius 2 is 2.00 bits per heavy atom. The van der Waals surface area contributed by atoms with Crippen LogP contribution < -0.4 is 11.2 Å². The summed E-state index contributed by atoms with van der Waals surface area (Å²) >= 11 is 1.36. The van der Waals surface area contributed by atoms with Crippen LogP contribution in [-0.4, -0.2) is 33.7 Å². The van der Waals surface area contributed by atoms with E-state index in [1.165, 1.54) is 15.9 Å². The molecule has 0 radical (unpaired) electrons. The van der Waals surface area contributed by atoms with Crippen molar-refractivity contribution in [1.82, 2.24) is 14.5 Å². The summed E-state index contributed by atoms with van der Waals surface area (Å²) in [5.41, 5.74) is 1.73. The number of H-pyrrole nitrogens is 1. The maximum atomic E-state index is 13.1. The lowest BCUT2D eigenvalue weighted by Gasteiger charge is -2.25. The van der Waals surface area contributed by atoms with Crippen molar-refractivity contribution in [2.75, 3.05) is 13.2 Å². The molecule has 27 heavy (non-hydrogen) atoms. The summed E-state index contributed by atoms with van der Waals surface area (Å²) in [5, 5.41) is 0.540. The number of aromatic amines is 1. The number of nitrogens with zero attached hydrogens (tertiary/aromatic N) is 2. The Balaban J connectivity index is 1.83. The molecule has 0 saturated heterocycles. The van der Waals surface area contributed by atoms with Gasteiger partial charge in [-0.25, -0.2) is 14.2 Å². The highest BCUT2D eigenvalue weighted by atomic mass is 32.1. The predicted octanol–water partition coefficient (Wildman–Crippen LogP) is 2.56. The number of carbonyl (C=O) groups excluding carboxylic acids is 1. The van der Waals surface area contributed by atoms with Crippen molar-refractivity contribution < 1.29 is 9.53 Å². The van der Waals surface area contributed by atoms with Crippen LogP contribution in [0.1, 0.15) is 22.9 Å². The highest BCUT2D eigenvalue weighted by Crippen LogP contribution is 2.32. The number of aryl methyl sites for hydroxylation is 1. The van der Waals surface area contributed by atoms with Gasteiger partial charge in [0.15, 0.2) is 0 Å². The predicted molar refractivity (Wildman–Crippen MR) is 104 cm³/mol. The second-order valence-corrected chi connectivity index (χ2v) is 7.59. The normalized spacial score (nSPS) is 13.6. The summed E-state index contributed by atoms with van der Waals surface area (Å²) in [6.07, 6.45) is 0.203. The number of nitrogens with one attached hydrogen (secondary N) is 1. The van der Waals surface area contributed by atoms with E-state index in [9.17, 15) is 14.4 Å². The lowest BCUT2D eigenvalue weighted by atomic mass is 10.1. The van der Waals surface area contributed by atoms with Crippen molar-refractivity contribution in [3.05, 3.63) is 61.1 Å². The molecule has 4 rings (SSSR count). The molecule has 0 fully saturated rings. The standard InChI is InChI=1S/C19H19N3O4S/c1-3-26-19(25)21-9-8-13-14(10-21)27-16-15(13)17(23)22(18(24)20-16)12-6-4-11(2)5-7-12/h4-7H,3,8-10H2,1-2H3,(H,20,24). The average molecular weight is 385 g/mol. The minimum atomic E-state index is -0.461. The average Bonchev–Trinajstić information content (AvgIpc) is 3.00. The van der Waals surface area contributed by atoms with Crippen LogP contribution in [-0.2, 0) is 17.7 Å². The van der Waals surface area contributed by atoms with E-state index in [0.29, 0.717) is 42.0 Å². The maximum absolute atomic E-state index is 13.1. The molecule has 1 N–H and O–H groups in total. The quantitative estimate of drug-likeness (QED) is 0.735. The number of fused-ring (bicyclic) bond motifs is 3.